The third-order valence-electron chi connectivity index (χ3n) is 3.90. The number of hydrogen-bond donors (Lipinski definition) is 1. The summed E-state index contributed by atoms with van der Waals surface area (Å²) in [5.74, 6) is 0.951. The molecule has 0 atom stereocenters. The number of halogens is 1. The number of aromatic nitrogens is 1. The molecule has 0 radical (unpaired) electrons. The van der Waals surface area contributed by atoms with Crippen LogP contribution in [-0.2, 0) is 19.3 Å². The third-order valence-corrected chi connectivity index (χ3v) is 4.74. The van der Waals surface area contributed by atoms with Crippen molar-refractivity contribution in [3.05, 3.63) is 57.2 Å². The van der Waals surface area contributed by atoms with Crippen LogP contribution in [0.2, 0.25) is 0 Å². The summed E-state index contributed by atoms with van der Waals surface area (Å²) in [7, 11) is 0. The molecule has 1 aliphatic carbocycles. The molecule has 0 aliphatic heterocycles. The number of rotatable bonds is 4. The van der Waals surface area contributed by atoms with E-state index in [1.807, 2.05) is 19.1 Å². The molecule has 0 amide bonds. The lowest BCUT2D eigenvalue weighted by Gasteiger charge is -2.08. The molecule has 104 valence electrons. The van der Waals surface area contributed by atoms with Crippen LogP contribution in [0.3, 0.4) is 0 Å². The van der Waals surface area contributed by atoms with Gasteiger partial charge in [-0.2, -0.15) is 0 Å². The van der Waals surface area contributed by atoms with Gasteiger partial charge in [-0.05, 0) is 77.4 Å². The quantitative estimate of drug-likeness (QED) is 0.904. The van der Waals surface area contributed by atoms with E-state index in [4.69, 9.17) is 0 Å². The van der Waals surface area contributed by atoms with Crippen molar-refractivity contribution < 1.29 is 0 Å². The van der Waals surface area contributed by atoms with Crippen LogP contribution in [0, 0.1) is 6.92 Å². The summed E-state index contributed by atoms with van der Waals surface area (Å²) < 4.78 is 1.06. The molecule has 1 heterocycles. The van der Waals surface area contributed by atoms with Crippen molar-refractivity contribution in [1.82, 2.24) is 4.98 Å². The molecular formula is C17H19BrN2. The highest BCUT2D eigenvalue weighted by atomic mass is 79.9. The molecule has 0 saturated carbocycles. The van der Waals surface area contributed by atoms with Crippen LogP contribution in [0.15, 0.2) is 34.8 Å². The molecule has 0 spiro atoms. The fourth-order valence-corrected chi connectivity index (χ4v) is 2.98. The minimum atomic E-state index is 0.923. The monoisotopic (exact) mass is 330 g/mol. The second-order valence-electron chi connectivity index (χ2n) is 5.40. The predicted molar refractivity (Wildman–Crippen MR) is 87.3 cm³/mol. The molecule has 2 aromatic rings. The average molecular weight is 331 g/mol. The molecule has 0 unspecified atom stereocenters. The molecule has 3 rings (SSSR count). The Labute approximate surface area is 128 Å². The van der Waals surface area contributed by atoms with Gasteiger partial charge >= 0.3 is 0 Å². The fourth-order valence-electron chi connectivity index (χ4n) is 2.76. The first-order chi connectivity index (χ1) is 9.72. The van der Waals surface area contributed by atoms with Crippen LogP contribution in [0.25, 0.3) is 0 Å². The van der Waals surface area contributed by atoms with E-state index in [-0.39, 0.29) is 0 Å². The maximum Gasteiger partial charge on any atom is 0.126 e. The zero-order chi connectivity index (χ0) is 13.9. The van der Waals surface area contributed by atoms with Crippen LogP contribution in [0.1, 0.15) is 28.8 Å². The number of fused-ring (bicyclic) bond motifs is 1. The molecule has 2 nitrogen and oxygen atoms in total. The van der Waals surface area contributed by atoms with Gasteiger partial charge in [0.15, 0.2) is 0 Å². The lowest BCUT2D eigenvalue weighted by molar-refractivity contribution is 0.911. The van der Waals surface area contributed by atoms with Gasteiger partial charge in [-0.15, -0.1) is 0 Å². The minimum absolute atomic E-state index is 0.923. The van der Waals surface area contributed by atoms with E-state index < -0.39 is 0 Å². The Hall–Kier alpha value is -1.35. The van der Waals surface area contributed by atoms with Crippen molar-refractivity contribution in [3.63, 3.8) is 0 Å². The van der Waals surface area contributed by atoms with E-state index >= 15 is 0 Å². The van der Waals surface area contributed by atoms with E-state index in [0.29, 0.717) is 0 Å². The first-order valence-corrected chi connectivity index (χ1v) is 7.99. The van der Waals surface area contributed by atoms with Crippen molar-refractivity contribution in [1.29, 1.82) is 0 Å². The van der Waals surface area contributed by atoms with Gasteiger partial charge in [0, 0.05) is 11.0 Å². The van der Waals surface area contributed by atoms with Crippen molar-refractivity contribution >= 4 is 21.7 Å². The number of benzene rings is 1. The number of nitrogens with zero attached hydrogens (tertiary/aromatic N) is 1. The second kappa shape index (κ2) is 5.96. The molecule has 3 heteroatoms. The molecule has 0 fully saturated rings. The zero-order valence-electron chi connectivity index (χ0n) is 11.7. The topological polar surface area (TPSA) is 24.9 Å². The lowest BCUT2D eigenvalue weighted by Crippen LogP contribution is -2.07. The number of nitrogens with one attached hydrogen (secondary N) is 1. The summed E-state index contributed by atoms with van der Waals surface area (Å²) >= 11 is 3.47. The van der Waals surface area contributed by atoms with Crippen LogP contribution >= 0.6 is 15.9 Å². The van der Waals surface area contributed by atoms with Gasteiger partial charge in [-0.3, -0.25) is 0 Å². The summed E-state index contributed by atoms with van der Waals surface area (Å²) in [4.78, 5) is 4.50. The van der Waals surface area contributed by atoms with E-state index in [1.54, 1.807) is 11.1 Å². The number of anilines is 1. The Kier molecular flexibility index (Phi) is 4.06. The normalized spacial score (nSPS) is 13.3. The van der Waals surface area contributed by atoms with Crippen LogP contribution in [-0.4, -0.2) is 11.5 Å². The Bertz CT molecular complexity index is 622. The molecule has 20 heavy (non-hydrogen) atoms. The van der Waals surface area contributed by atoms with Crippen molar-refractivity contribution in [2.24, 2.45) is 0 Å². The highest BCUT2D eigenvalue weighted by Gasteiger charge is 2.10. The average Bonchev–Trinajstić information content (AvgIpc) is 2.90. The molecule has 0 saturated heterocycles. The molecule has 1 aromatic carbocycles. The maximum absolute atomic E-state index is 4.50. The number of hydrogen-bond acceptors (Lipinski definition) is 2. The van der Waals surface area contributed by atoms with Gasteiger partial charge in [0.05, 0.1) is 5.69 Å². The lowest BCUT2D eigenvalue weighted by atomic mass is 10.0. The van der Waals surface area contributed by atoms with Crippen molar-refractivity contribution in [3.8, 4) is 0 Å². The molecular weight excluding hydrogens is 312 g/mol. The molecule has 1 aromatic heterocycles. The highest BCUT2D eigenvalue weighted by Crippen LogP contribution is 2.23. The summed E-state index contributed by atoms with van der Waals surface area (Å²) in [6.45, 7) is 2.93. The van der Waals surface area contributed by atoms with Crippen LogP contribution in [0.4, 0.5) is 5.82 Å². The second-order valence-corrected chi connectivity index (χ2v) is 6.25. The fraction of sp³-hybridized carbons (Fsp3) is 0.353. The van der Waals surface area contributed by atoms with Crippen molar-refractivity contribution in [2.75, 3.05) is 11.9 Å². The van der Waals surface area contributed by atoms with E-state index in [0.717, 1.165) is 29.0 Å². The van der Waals surface area contributed by atoms with Crippen molar-refractivity contribution in [2.45, 2.75) is 32.6 Å². The first kappa shape index (κ1) is 13.6. The summed E-state index contributed by atoms with van der Waals surface area (Å²) in [6, 6.07) is 11.0. The van der Waals surface area contributed by atoms with E-state index in [9.17, 15) is 0 Å². The van der Waals surface area contributed by atoms with E-state index in [1.165, 1.54) is 24.8 Å². The Balaban J connectivity index is 1.58. The zero-order valence-corrected chi connectivity index (χ0v) is 13.3. The molecule has 1 N–H and O–H groups in total. The first-order valence-electron chi connectivity index (χ1n) is 7.20. The minimum Gasteiger partial charge on any atom is -0.370 e. The largest absolute Gasteiger partial charge is 0.370 e. The smallest absolute Gasteiger partial charge is 0.126 e. The summed E-state index contributed by atoms with van der Waals surface area (Å²) in [6.07, 6.45) is 4.88. The summed E-state index contributed by atoms with van der Waals surface area (Å²) in [5.41, 5.74) is 5.55. The van der Waals surface area contributed by atoms with Gasteiger partial charge in [0.25, 0.3) is 0 Å². The SMILES string of the molecule is Cc1nc(NCCc2ccc3c(c2)CCC3)ccc1Br. The van der Waals surface area contributed by atoms with Gasteiger partial charge in [0.2, 0.25) is 0 Å². The maximum atomic E-state index is 4.50. The standard InChI is InChI=1S/C17H19BrN2/c1-12-16(18)7-8-17(20-12)19-10-9-13-5-6-14-3-2-4-15(14)11-13/h5-8,11H,2-4,9-10H2,1H3,(H,19,20). The molecule has 1 aliphatic rings. The van der Waals surface area contributed by atoms with E-state index in [2.05, 4.69) is 44.4 Å². The Morgan fingerprint density at radius 2 is 2.00 bits per heavy atom. The third kappa shape index (κ3) is 3.04. The van der Waals surface area contributed by atoms with Gasteiger partial charge in [-0.1, -0.05) is 18.2 Å². The Morgan fingerprint density at radius 1 is 1.15 bits per heavy atom. The predicted octanol–water partition coefficient (Wildman–Crippen LogP) is 4.30. The van der Waals surface area contributed by atoms with Gasteiger partial charge in [0.1, 0.15) is 5.82 Å². The van der Waals surface area contributed by atoms with Gasteiger partial charge in [-0.25, -0.2) is 4.98 Å². The summed E-state index contributed by atoms with van der Waals surface area (Å²) in [5, 5.41) is 3.40. The van der Waals surface area contributed by atoms with Crippen LogP contribution in [0.5, 0.6) is 0 Å². The van der Waals surface area contributed by atoms with Gasteiger partial charge < -0.3 is 5.32 Å². The number of aryl methyl sites for hydroxylation is 3. The Morgan fingerprint density at radius 3 is 2.85 bits per heavy atom. The highest BCUT2D eigenvalue weighted by molar-refractivity contribution is 9.10. The molecule has 0 bridgehead atoms. The van der Waals surface area contributed by atoms with Crippen LogP contribution < -0.4 is 5.32 Å². The number of pyridine rings is 1.